The monoisotopic (exact) mass is 347 g/mol. The third-order valence-electron chi connectivity index (χ3n) is 5.24. The number of hydrogen-bond donors (Lipinski definition) is 0. The summed E-state index contributed by atoms with van der Waals surface area (Å²) in [6.45, 7) is 7.87. The van der Waals surface area contributed by atoms with Crippen LogP contribution in [-0.2, 0) is 10.2 Å². The van der Waals surface area contributed by atoms with Gasteiger partial charge in [0.1, 0.15) is 0 Å². The van der Waals surface area contributed by atoms with Crippen LogP contribution in [0.2, 0.25) is 0 Å². The van der Waals surface area contributed by atoms with E-state index in [9.17, 15) is 4.79 Å². The van der Waals surface area contributed by atoms with E-state index in [1.165, 1.54) is 10.4 Å². The van der Waals surface area contributed by atoms with Gasteiger partial charge >= 0.3 is 0 Å². The summed E-state index contributed by atoms with van der Waals surface area (Å²) in [6.07, 6.45) is 1.66. The van der Waals surface area contributed by atoms with Crippen LogP contribution < -0.4 is 0 Å². The predicted octanol–water partition coefficient (Wildman–Crippen LogP) is 2.63. The average Bonchev–Trinajstić information content (AvgIpc) is 3.26. The Morgan fingerprint density at radius 2 is 2.25 bits per heavy atom. The Kier molecular flexibility index (Phi) is 3.73. The van der Waals surface area contributed by atoms with Crippen LogP contribution in [0.1, 0.15) is 44.7 Å². The van der Waals surface area contributed by atoms with E-state index >= 15 is 0 Å². The van der Waals surface area contributed by atoms with Crippen LogP contribution in [-0.4, -0.2) is 46.7 Å². The molecule has 2 saturated heterocycles. The standard InChI is InChI=1S/C17H21N3O3S/c1-10-8-13(24-11(10)2)15(21)20-6-4-14-17(9-20,5-7-22-14)16-18-12(3)19-23-16/h8,14H,4-7,9H2,1-3H3/t14-,17-/m1/s1. The number of piperidine rings is 1. The van der Waals surface area contributed by atoms with E-state index in [1.54, 1.807) is 11.3 Å². The first-order valence-electron chi connectivity index (χ1n) is 8.28. The maximum atomic E-state index is 13.0. The number of nitrogens with zero attached hydrogens (tertiary/aromatic N) is 3. The molecule has 0 aromatic carbocycles. The summed E-state index contributed by atoms with van der Waals surface area (Å²) in [6, 6.07) is 1.99. The second-order valence-electron chi connectivity index (χ2n) is 6.78. The van der Waals surface area contributed by atoms with Crippen LogP contribution in [0.4, 0.5) is 0 Å². The quantitative estimate of drug-likeness (QED) is 0.835. The molecule has 0 bridgehead atoms. The lowest BCUT2D eigenvalue weighted by molar-refractivity contribution is 0.00842. The third kappa shape index (κ3) is 2.38. The van der Waals surface area contributed by atoms with Crippen molar-refractivity contribution in [3.05, 3.63) is 33.1 Å². The molecule has 4 rings (SSSR count). The number of amides is 1. The largest absolute Gasteiger partial charge is 0.377 e. The molecule has 2 aromatic heterocycles. The highest BCUT2D eigenvalue weighted by molar-refractivity contribution is 7.14. The zero-order chi connectivity index (χ0) is 16.9. The lowest BCUT2D eigenvalue weighted by atomic mass is 9.76. The Morgan fingerprint density at radius 1 is 1.42 bits per heavy atom. The van der Waals surface area contributed by atoms with Gasteiger partial charge < -0.3 is 14.2 Å². The Balaban J connectivity index is 1.64. The van der Waals surface area contributed by atoms with Gasteiger partial charge in [0.05, 0.1) is 16.4 Å². The van der Waals surface area contributed by atoms with Gasteiger partial charge in [0.15, 0.2) is 5.82 Å². The Bertz CT molecular complexity index is 764. The van der Waals surface area contributed by atoms with E-state index < -0.39 is 0 Å². The number of ether oxygens (including phenoxy) is 1. The molecule has 2 aliphatic heterocycles. The van der Waals surface area contributed by atoms with Crippen LogP contribution in [0, 0.1) is 20.8 Å². The molecule has 7 heteroatoms. The SMILES string of the molecule is Cc1noc([C@@]23CCO[C@@H]2CCN(C(=O)c2cc(C)c(C)s2)C3)n1. The van der Waals surface area contributed by atoms with E-state index in [1.807, 2.05) is 24.8 Å². The fourth-order valence-electron chi connectivity index (χ4n) is 3.76. The van der Waals surface area contributed by atoms with E-state index in [4.69, 9.17) is 9.26 Å². The van der Waals surface area contributed by atoms with Gasteiger partial charge in [0, 0.05) is 24.6 Å². The molecule has 6 nitrogen and oxygen atoms in total. The van der Waals surface area contributed by atoms with Gasteiger partial charge in [0.25, 0.3) is 5.91 Å². The zero-order valence-electron chi connectivity index (χ0n) is 14.2. The summed E-state index contributed by atoms with van der Waals surface area (Å²) >= 11 is 1.57. The summed E-state index contributed by atoms with van der Waals surface area (Å²) in [7, 11) is 0. The number of thiophene rings is 1. The van der Waals surface area contributed by atoms with Crippen LogP contribution >= 0.6 is 11.3 Å². The second-order valence-corrected chi connectivity index (χ2v) is 8.03. The van der Waals surface area contributed by atoms with Crippen molar-refractivity contribution in [2.24, 2.45) is 0 Å². The van der Waals surface area contributed by atoms with E-state index in [2.05, 4.69) is 17.1 Å². The van der Waals surface area contributed by atoms with Gasteiger partial charge in [-0.25, -0.2) is 0 Å². The van der Waals surface area contributed by atoms with Crippen LogP contribution in [0.5, 0.6) is 0 Å². The minimum atomic E-state index is -0.365. The number of carbonyl (C=O) groups excluding carboxylic acids is 1. The first-order valence-corrected chi connectivity index (χ1v) is 9.10. The summed E-state index contributed by atoms with van der Waals surface area (Å²) in [5, 5.41) is 3.95. The fourth-order valence-corrected chi connectivity index (χ4v) is 4.76. The van der Waals surface area contributed by atoms with Crippen molar-refractivity contribution in [3.8, 4) is 0 Å². The highest BCUT2D eigenvalue weighted by Gasteiger charge is 2.53. The Labute approximate surface area is 144 Å². The smallest absolute Gasteiger partial charge is 0.263 e. The predicted molar refractivity (Wildman–Crippen MR) is 89.4 cm³/mol. The molecule has 0 radical (unpaired) electrons. The number of fused-ring (bicyclic) bond motifs is 1. The van der Waals surface area contributed by atoms with E-state index in [-0.39, 0.29) is 17.4 Å². The molecule has 24 heavy (non-hydrogen) atoms. The van der Waals surface area contributed by atoms with Gasteiger partial charge in [-0.3, -0.25) is 4.79 Å². The molecule has 0 unspecified atom stereocenters. The molecule has 0 spiro atoms. The molecule has 2 fully saturated rings. The highest BCUT2D eigenvalue weighted by atomic mass is 32.1. The molecule has 2 aliphatic rings. The normalized spacial score (nSPS) is 26.6. The van der Waals surface area contributed by atoms with Crippen LogP contribution in [0.25, 0.3) is 0 Å². The number of rotatable bonds is 2. The van der Waals surface area contributed by atoms with Gasteiger partial charge in [-0.1, -0.05) is 5.16 Å². The topological polar surface area (TPSA) is 68.5 Å². The molecule has 4 heterocycles. The molecule has 1 amide bonds. The Morgan fingerprint density at radius 3 is 2.92 bits per heavy atom. The molecular weight excluding hydrogens is 326 g/mol. The molecule has 0 aliphatic carbocycles. The summed E-state index contributed by atoms with van der Waals surface area (Å²) < 4.78 is 11.4. The third-order valence-corrected chi connectivity index (χ3v) is 6.38. The summed E-state index contributed by atoms with van der Waals surface area (Å²) in [5.74, 6) is 1.33. The molecule has 0 N–H and O–H groups in total. The van der Waals surface area contributed by atoms with Crippen molar-refractivity contribution in [3.63, 3.8) is 0 Å². The summed E-state index contributed by atoms with van der Waals surface area (Å²) in [4.78, 5) is 21.3. The molecule has 128 valence electrons. The van der Waals surface area contributed by atoms with Crippen molar-refractivity contribution in [2.75, 3.05) is 19.7 Å². The summed E-state index contributed by atoms with van der Waals surface area (Å²) in [5.41, 5.74) is 0.806. The van der Waals surface area contributed by atoms with Crippen molar-refractivity contribution >= 4 is 17.2 Å². The molecule has 0 saturated carbocycles. The van der Waals surface area contributed by atoms with Crippen molar-refractivity contribution in [1.82, 2.24) is 15.0 Å². The van der Waals surface area contributed by atoms with Gasteiger partial charge in [-0.2, -0.15) is 4.98 Å². The van der Waals surface area contributed by atoms with Crippen LogP contribution in [0.15, 0.2) is 10.6 Å². The van der Waals surface area contributed by atoms with E-state index in [0.29, 0.717) is 31.4 Å². The number of aryl methyl sites for hydroxylation is 3. The van der Waals surface area contributed by atoms with Crippen molar-refractivity contribution < 1.29 is 14.1 Å². The van der Waals surface area contributed by atoms with Crippen LogP contribution in [0.3, 0.4) is 0 Å². The second kappa shape index (κ2) is 5.67. The van der Waals surface area contributed by atoms with E-state index in [0.717, 1.165) is 17.7 Å². The first-order chi connectivity index (χ1) is 11.5. The molecule has 2 atom stereocenters. The maximum Gasteiger partial charge on any atom is 0.263 e. The fraction of sp³-hybridized carbons (Fsp3) is 0.588. The van der Waals surface area contributed by atoms with Gasteiger partial charge in [-0.15, -0.1) is 11.3 Å². The highest BCUT2D eigenvalue weighted by Crippen LogP contribution is 2.43. The minimum absolute atomic E-state index is 0.0493. The minimum Gasteiger partial charge on any atom is -0.377 e. The zero-order valence-corrected chi connectivity index (χ0v) is 15.0. The first kappa shape index (κ1) is 15.8. The lowest BCUT2D eigenvalue weighted by Gasteiger charge is -2.41. The Hall–Kier alpha value is -1.73. The van der Waals surface area contributed by atoms with Gasteiger partial charge in [0.2, 0.25) is 5.89 Å². The molecular formula is C17H21N3O3S. The van der Waals surface area contributed by atoms with Crippen molar-refractivity contribution in [1.29, 1.82) is 0 Å². The number of likely N-dealkylation sites (tertiary alicyclic amines) is 1. The number of aromatic nitrogens is 2. The van der Waals surface area contributed by atoms with Gasteiger partial charge in [-0.05, 0) is 45.2 Å². The van der Waals surface area contributed by atoms with Crippen molar-refractivity contribution in [2.45, 2.75) is 45.1 Å². The maximum absolute atomic E-state index is 13.0. The number of carbonyl (C=O) groups is 1. The number of hydrogen-bond acceptors (Lipinski definition) is 6. The lowest BCUT2D eigenvalue weighted by Crippen LogP contribution is -2.54. The average molecular weight is 347 g/mol. The molecule has 2 aromatic rings.